The number of hydrogen-bond donors (Lipinski definition) is 2. The van der Waals surface area contributed by atoms with Gasteiger partial charge < -0.3 is 58.5 Å². The van der Waals surface area contributed by atoms with Crippen LogP contribution in [-0.4, -0.2) is 90.3 Å². The van der Waals surface area contributed by atoms with Crippen LogP contribution in [0.1, 0.15) is 64.6 Å². The summed E-state index contributed by atoms with van der Waals surface area (Å²) in [6.07, 6.45) is -2.01. The first-order chi connectivity index (χ1) is 34.8. The summed E-state index contributed by atoms with van der Waals surface area (Å²) in [5.74, 6) is 0.312. The molecule has 77 heavy (non-hydrogen) atoms. The van der Waals surface area contributed by atoms with Crippen LogP contribution in [0, 0.1) is 6.92 Å². The van der Waals surface area contributed by atoms with Crippen molar-refractivity contribution < 1.29 is 281 Å². The molecule has 380 valence electrons. The van der Waals surface area contributed by atoms with Crippen LogP contribution in [0.2, 0.25) is 0 Å². The average molecular weight is 1190 g/mol. The van der Waals surface area contributed by atoms with Gasteiger partial charge in [0.15, 0.2) is 6.09 Å². The number of imide groups is 2. The Bertz CT molecular complexity index is 3590. The van der Waals surface area contributed by atoms with E-state index in [9.17, 15) is 61.0 Å². The Balaban J connectivity index is 0.00000240. The first kappa shape index (κ1) is 64.8. The molecule has 5 aromatic rings. The molecule has 27 heteroatoms. The van der Waals surface area contributed by atoms with Crippen molar-refractivity contribution in [2.45, 2.75) is 68.1 Å². The molecule has 5 aromatic carbocycles. The van der Waals surface area contributed by atoms with Gasteiger partial charge in [-0.3, -0.25) is 9.62 Å². The van der Waals surface area contributed by atoms with Crippen molar-refractivity contribution in [3.05, 3.63) is 116 Å². The maximum absolute atomic E-state index is 14.3. The van der Waals surface area contributed by atoms with E-state index in [1.807, 2.05) is 12.1 Å². The van der Waals surface area contributed by atoms with E-state index in [-0.39, 0.29) is 232 Å². The second-order valence-electron chi connectivity index (χ2n) is 18.2. The standard InChI is InChI=1S/C50H47N5O16S2.4K/c1-27-10-14-37(54(47(56)57)48(58)59)39(22-27)69-20-21-70-40-25-30(11-15-38(40)55(49(60)61)50(62)63)51-72(64,65)31-12-13-32(41(26-31)73(66,67)68)42-35-23-28-6-2-16-52-18-4-8-33(43(28)52)45(35)71-46-34-9-5-19-53-17-3-7-29(44(34)53)24-36(42)46;;;;/h10-15,22-26,51H,2-9,16-21H2,1H3,(H4-,56,57,58,59,60,61,62,63,66,67,68);;;;/q;4*+1/p-3. The van der Waals surface area contributed by atoms with E-state index in [0.29, 0.717) is 46.3 Å². The van der Waals surface area contributed by atoms with Crippen molar-refractivity contribution in [2.75, 3.05) is 58.8 Å². The number of carbonyl (C=O) groups excluding carboxylic acids is 3. The van der Waals surface area contributed by atoms with Crippen molar-refractivity contribution in [1.82, 2.24) is 4.58 Å². The first-order valence-corrected chi connectivity index (χ1v) is 26.2. The molecule has 0 radical (unpaired) electrons. The van der Waals surface area contributed by atoms with Gasteiger partial charge in [-0.15, -0.1) is 0 Å². The summed E-state index contributed by atoms with van der Waals surface area (Å²) < 4.78 is 92.2. The minimum absolute atomic E-state index is 0. The summed E-state index contributed by atoms with van der Waals surface area (Å²) in [4.78, 5) is 47.8. The molecule has 0 bridgehead atoms. The Hall–Kier alpha value is -1.34. The van der Waals surface area contributed by atoms with Crippen LogP contribution in [0.3, 0.4) is 0 Å². The van der Waals surface area contributed by atoms with Gasteiger partial charge in [0, 0.05) is 70.7 Å². The van der Waals surface area contributed by atoms with Gasteiger partial charge in [-0.25, -0.2) is 31.1 Å². The molecule has 0 fully saturated rings. The number of fused-ring (bicyclic) bond motifs is 4. The number of aryl methyl sites for hydroxylation is 3. The topological polar surface area (TPSA) is 301 Å². The largest absolute Gasteiger partial charge is 1.00 e. The number of carboxylic acid groups (broad SMARTS) is 4. The number of hydrogen-bond acceptors (Lipinski definition) is 16. The maximum atomic E-state index is 14.3. The van der Waals surface area contributed by atoms with Crippen LogP contribution < -0.4 is 270 Å². The SMILES string of the molecule is Cc1ccc(N(C(=O)[O-])C(=O)[O-])c(OCCOc2cc(NS(=O)(=O)c3ccc(C4=c5cc6c7c(c5Oc5c4cc4c8c5CCCN8CCC4)CCC[N+]=7CCC6)c(S(=O)(=O)[O-])c3)ccc2N(C(=O)[O-])C(=O)O)c1.[K+].[K+].[K+].[K+]. The van der Waals surface area contributed by atoms with Crippen molar-refractivity contribution >= 4 is 72.8 Å². The van der Waals surface area contributed by atoms with Gasteiger partial charge in [0.2, 0.25) is 5.36 Å². The van der Waals surface area contributed by atoms with E-state index in [0.717, 1.165) is 134 Å². The summed E-state index contributed by atoms with van der Waals surface area (Å²) in [6.45, 7) is 4.05. The minimum atomic E-state index is -5.44. The molecular formula is C50H44K4N5O16S2+. The van der Waals surface area contributed by atoms with Crippen molar-refractivity contribution in [2.24, 2.45) is 0 Å². The van der Waals surface area contributed by atoms with Gasteiger partial charge in [0.25, 0.3) is 10.0 Å². The predicted octanol–water partition coefficient (Wildman–Crippen LogP) is -10.1. The van der Waals surface area contributed by atoms with Crippen molar-refractivity contribution in [3.63, 3.8) is 0 Å². The Morgan fingerprint density at radius 2 is 1.30 bits per heavy atom. The van der Waals surface area contributed by atoms with E-state index in [4.69, 9.17) is 14.2 Å². The average Bonchev–Trinajstić information content (AvgIpc) is 3.33. The fourth-order valence-electron chi connectivity index (χ4n) is 10.8. The number of sulfonamides is 1. The number of nitrogens with one attached hydrogen (secondary N) is 1. The Morgan fingerprint density at radius 1 is 0.701 bits per heavy atom. The van der Waals surface area contributed by atoms with Gasteiger partial charge in [0.1, 0.15) is 71.6 Å². The fraction of sp³-hybridized carbons (Fsp3) is 0.300. The van der Waals surface area contributed by atoms with Gasteiger partial charge in [0.05, 0.1) is 32.4 Å². The normalized spacial score (nSPS) is 14.6. The number of rotatable bonds is 12. The van der Waals surface area contributed by atoms with E-state index in [1.54, 1.807) is 6.92 Å². The van der Waals surface area contributed by atoms with Crippen LogP contribution >= 0.6 is 0 Å². The summed E-state index contributed by atoms with van der Waals surface area (Å²) in [6, 6.07) is 13.9. The molecule has 4 amide bonds. The Kier molecular flexibility index (Phi) is 22.3. The van der Waals surface area contributed by atoms with E-state index < -0.39 is 84.6 Å². The second-order valence-corrected chi connectivity index (χ2v) is 21.2. The van der Waals surface area contributed by atoms with Crippen LogP contribution in [-0.2, 0) is 45.8 Å². The monoisotopic (exact) mass is 1190 g/mol. The number of nitrogens with zero attached hydrogens (tertiary/aromatic N) is 4. The molecule has 0 atom stereocenters. The third-order valence-corrected chi connectivity index (χ3v) is 15.9. The molecule has 0 aromatic heterocycles. The van der Waals surface area contributed by atoms with Gasteiger partial charge in [-0.2, -0.15) is 0 Å². The van der Waals surface area contributed by atoms with Gasteiger partial charge in [-0.05, 0) is 105 Å². The number of benzene rings is 5. The van der Waals surface area contributed by atoms with Crippen molar-refractivity contribution in [3.8, 4) is 23.0 Å². The van der Waals surface area contributed by atoms with Crippen LogP contribution in [0.5, 0.6) is 23.0 Å². The third kappa shape index (κ3) is 13.1. The Morgan fingerprint density at radius 3 is 1.95 bits per heavy atom. The number of amides is 4. The number of ether oxygens (including phenoxy) is 3. The third-order valence-electron chi connectivity index (χ3n) is 13.6. The molecule has 0 spiro atoms. The smallest absolute Gasteiger partial charge is 0.744 e. The molecule has 0 saturated heterocycles. The Labute approximate surface area is 612 Å². The summed E-state index contributed by atoms with van der Waals surface area (Å²) >= 11 is 0. The fourth-order valence-corrected chi connectivity index (χ4v) is 12.6. The molecule has 0 unspecified atom stereocenters. The van der Waals surface area contributed by atoms with Crippen LogP contribution in [0.4, 0.5) is 41.9 Å². The number of anilines is 4. The second kappa shape index (κ2) is 26.5. The molecule has 5 aliphatic rings. The van der Waals surface area contributed by atoms with Crippen LogP contribution in [0.25, 0.3) is 5.57 Å². The summed E-state index contributed by atoms with van der Waals surface area (Å²) in [7, 11) is -10.3. The molecule has 21 nitrogen and oxygen atoms in total. The quantitative estimate of drug-likeness (QED) is 0.0498. The first-order valence-electron chi connectivity index (χ1n) is 23.3. The molecule has 0 saturated carbocycles. The summed E-state index contributed by atoms with van der Waals surface area (Å²) in [5, 5.41) is 46.7. The minimum Gasteiger partial charge on any atom is -0.744 e. The molecule has 0 aliphatic carbocycles. The molecule has 10 rings (SSSR count). The molecular weight excluding hydrogens is 1150 g/mol. The molecule has 5 heterocycles. The zero-order chi connectivity index (χ0) is 51.7. The number of carbonyl (C=O) groups is 4. The van der Waals surface area contributed by atoms with E-state index in [1.165, 1.54) is 18.2 Å². The predicted molar refractivity (Wildman–Crippen MR) is 253 cm³/mol. The molecule has 5 aliphatic heterocycles. The summed E-state index contributed by atoms with van der Waals surface area (Å²) in [5.41, 5.74) is 5.27. The van der Waals surface area contributed by atoms with Gasteiger partial charge >= 0.3 is 212 Å². The maximum Gasteiger partial charge on any atom is 1.00 e. The zero-order valence-corrected chi connectivity index (χ0v) is 57.1. The van der Waals surface area contributed by atoms with E-state index >= 15 is 0 Å². The van der Waals surface area contributed by atoms with Crippen molar-refractivity contribution in [1.29, 1.82) is 0 Å². The van der Waals surface area contributed by atoms with Crippen LogP contribution in [0.15, 0.2) is 76.5 Å². The van der Waals surface area contributed by atoms with Gasteiger partial charge in [-0.1, -0.05) is 12.1 Å². The molecule has 2 N–H and O–H groups in total. The van der Waals surface area contributed by atoms with E-state index in [2.05, 4.69) is 14.2 Å². The zero-order valence-electron chi connectivity index (χ0n) is 42.9.